The Hall–Kier alpha value is -1.11. The number of aliphatic hydroxyl groups is 1. The Labute approximate surface area is 109 Å². The number of aromatic amines is 1. The topological polar surface area (TPSA) is 84.3 Å². The van der Waals surface area contributed by atoms with Gasteiger partial charge in [-0.25, -0.2) is 4.79 Å². The van der Waals surface area contributed by atoms with Gasteiger partial charge in [-0.3, -0.25) is 14.3 Å². The minimum Gasteiger partial charge on any atom is -0.394 e. The van der Waals surface area contributed by atoms with Crippen molar-refractivity contribution in [3.8, 4) is 0 Å². The molecule has 1 aromatic rings. The molecule has 0 radical (unpaired) electrons. The van der Waals surface area contributed by atoms with Crippen LogP contribution in [-0.4, -0.2) is 33.2 Å². The van der Waals surface area contributed by atoms with E-state index in [0.29, 0.717) is 18.7 Å². The molecule has 6 nitrogen and oxygen atoms in total. The smallest absolute Gasteiger partial charge is 0.330 e. The van der Waals surface area contributed by atoms with Crippen molar-refractivity contribution in [1.29, 1.82) is 0 Å². The molecule has 0 saturated heterocycles. The lowest BCUT2D eigenvalue weighted by molar-refractivity contribution is -0.0789. The molecule has 102 valence electrons. The van der Waals surface area contributed by atoms with E-state index in [4.69, 9.17) is 21.4 Å². The SMILES string of the molecule is CCC(OC(CO)CCCl)n1ccc(=O)[nH]c1=O. The first-order valence-corrected chi connectivity index (χ1v) is 6.29. The molecule has 0 aliphatic rings. The van der Waals surface area contributed by atoms with Crippen molar-refractivity contribution in [2.75, 3.05) is 12.5 Å². The molecule has 0 saturated carbocycles. The van der Waals surface area contributed by atoms with E-state index < -0.39 is 23.6 Å². The lowest BCUT2D eigenvalue weighted by atomic mass is 10.3. The molecule has 1 heterocycles. The second-order valence-electron chi connectivity index (χ2n) is 3.80. The fourth-order valence-electron chi connectivity index (χ4n) is 1.56. The molecule has 0 amide bonds. The maximum atomic E-state index is 11.6. The van der Waals surface area contributed by atoms with Gasteiger partial charge < -0.3 is 9.84 Å². The van der Waals surface area contributed by atoms with E-state index in [-0.39, 0.29) is 6.61 Å². The number of nitrogens with zero attached hydrogens (tertiary/aromatic N) is 1. The van der Waals surface area contributed by atoms with Crippen molar-refractivity contribution < 1.29 is 9.84 Å². The average molecular weight is 277 g/mol. The third kappa shape index (κ3) is 3.97. The highest BCUT2D eigenvalue weighted by Crippen LogP contribution is 2.14. The summed E-state index contributed by atoms with van der Waals surface area (Å²) in [6.07, 6.45) is 1.45. The van der Waals surface area contributed by atoms with E-state index in [2.05, 4.69) is 4.98 Å². The van der Waals surface area contributed by atoms with Crippen LogP contribution >= 0.6 is 11.6 Å². The number of hydrogen-bond acceptors (Lipinski definition) is 4. The Morgan fingerprint density at radius 1 is 1.56 bits per heavy atom. The van der Waals surface area contributed by atoms with Crippen LogP contribution < -0.4 is 11.2 Å². The zero-order valence-corrected chi connectivity index (χ0v) is 10.9. The van der Waals surface area contributed by atoms with Gasteiger partial charge in [-0.2, -0.15) is 0 Å². The summed E-state index contributed by atoms with van der Waals surface area (Å²) >= 11 is 5.59. The Bertz CT molecular complexity index is 471. The number of ether oxygens (including phenoxy) is 1. The average Bonchev–Trinajstić information content (AvgIpc) is 2.35. The summed E-state index contributed by atoms with van der Waals surface area (Å²) in [4.78, 5) is 24.7. The fraction of sp³-hybridized carbons (Fsp3) is 0.636. The number of rotatable bonds is 7. The van der Waals surface area contributed by atoms with Gasteiger partial charge in [-0.1, -0.05) is 6.92 Å². The van der Waals surface area contributed by atoms with E-state index in [9.17, 15) is 9.59 Å². The summed E-state index contributed by atoms with van der Waals surface area (Å²) in [5.41, 5.74) is -0.984. The van der Waals surface area contributed by atoms with Crippen LogP contribution in [0.1, 0.15) is 26.0 Å². The van der Waals surface area contributed by atoms with Crippen LogP contribution in [0, 0.1) is 0 Å². The predicted molar refractivity (Wildman–Crippen MR) is 67.9 cm³/mol. The van der Waals surface area contributed by atoms with Crippen molar-refractivity contribution >= 4 is 11.6 Å². The van der Waals surface area contributed by atoms with Crippen LogP contribution in [0.5, 0.6) is 0 Å². The first kappa shape index (κ1) is 14.9. The summed E-state index contributed by atoms with van der Waals surface area (Å²) in [5.74, 6) is 0.363. The molecular formula is C11H17ClN2O4. The molecule has 7 heteroatoms. The number of halogens is 1. The van der Waals surface area contributed by atoms with Gasteiger partial charge in [0.2, 0.25) is 0 Å². The quantitative estimate of drug-likeness (QED) is 0.708. The van der Waals surface area contributed by atoms with Crippen LogP contribution in [-0.2, 0) is 4.74 Å². The summed E-state index contributed by atoms with van der Waals surface area (Å²) in [5, 5.41) is 9.13. The summed E-state index contributed by atoms with van der Waals surface area (Å²) < 4.78 is 6.89. The Kier molecular flexibility index (Phi) is 6.11. The van der Waals surface area contributed by atoms with Gasteiger partial charge in [0.25, 0.3) is 5.56 Å². The molecule has 2 N–H and O–H groups in total. The van der Waals surface area contributed by atoms with Crippen LogP contribution in [0.25, 0.3) is 0 Å². The summed E-state index contributed by atoms with van der Waals surface area (Å²) in [6, 6.07) is 1.25. The van der Waals surface area contributed by atoms with Crippen molar-refractivity contribution in [3.05, 3.63) is 33.1 Å². The van der Waals surface area contributed by atoms with E-state index >= 15 is 0 Å². The molecule has 0 spiro atoms. The highest BCUT2D eigenvalue weighted by molar-refractivity contribution is 6.17. The van der Waals surface area contributed by atoms with E-state index in [1.165, 1.54) is 16.8 Å². The zero-order chi connectivity index (χ0) is 13.5. The number of hydrogen-bond donors (Lipinski definition) is 2. The molecule has 2 unspecified atom stereocenters. The van der Waals surface area contributed by atoms with Crippen LogP contribution in [0.3, 0.4) is 0 Å². The number of H-pyrrole nitrogens is 1. The second kappa shape index (κ2) is 7.35. The lowest BCUT2D eigenvalue weighted by Gasteiger charge is -2.23. The molecule has 1 rings (SSSR count). The third-order valence-electron chi connectivity index (χ3n) is 2.49. The van der Waals surface area contributed by atoms with Gasteiger partial charge in [0.05, 0.1) is 12.7 Å². The number of aromatic nitrogens is 2. The van der Waals surface area contributed by atoms with Crippen molar-refractivity contribution in [2.45, 2.75) is 32.1 Å². The fourth-order valence-corrected chi connectivity index (χ4v) is 1.80. The zero-order valence-electron chi connectivity index (χ0n) is 10.1. The molecule has 2 atom stereocenters. The van der Waals surface area contributed by atoms with Gasteiger partial charge in [-0.05, 0) is 12.8 Å². The molecule has 18 heavy (non-hydrogen) atoms. The minimum absolute atomic E-state index is 0.165. The first-order chi connectivity index (χ1) is 8.62. The van der Waals surface area contributed by atoms with Crippen LogP contribution in [0.4, 0.5) is 0 Å². The van der Waals surface area contributed by atoms with Gasteiger partial charge in [0.1, 0.15) is 6.23 Å². The van der Waals surface area contributed by atoms with E-state index in [1.807, 2.05) is 6.92 Å². The molecule has 0 aromatic carbocycles. The number of alkyl halides is 1. The van der Waals surface area contributed by atoms with Crippen molar-refractivity contribution in [3.63, 3.8) is 0 Å². The highest BCUT2D eigenvalue weighted by atomic mass is 35.5. The lowest BCUT2D eigenvalue weighted by Crippen LogP contribution is -2.34. The standard InChI is InChI=1S/C11H17ClN2O4/c1-2-10(18-8(7-15)3-5-12)14-6-4-9(16)13-11(14)17/h4,6,8,10,15H,2-3,5,7H2,1H3,(H,13,16,17). The molecule has 0 aliphatic heterocycles. The molecule has 0 aliphatic carbocycles. The Morgan fingerprint density at radius 2 is 2.28 bits per heavy atom. The van der Waals surface area contributed by atoms with Gasteiger partial charge >= 0.3 is 5.69 Å². The van der Waals surface area contributed by atoms with Gasteiger partial charge in [-0.15, -0.1) is 11.6 Å². The minimum atomic E-state index is -0.533. The molecule has 1 aromatic heterocycles. The first-order valence-electron chi connectivity index (χ1n) is 5.76. The van der Waals surface area contributed by atoms with Crippen molar-refractivity contribution in [2.24, 2.45) is 0 Å². The van der Waals surface area contributed by atoms with E-state index in [1.54, 1.807) is 0 Å². The summed E-state index contributed by atoms with van der Waals surface area (Å²) in [7, 11) is 0. The number of nitrogens with one attached hydrogen (secondary N) is 1. The normalized spacial score (nSPS) is 14.4. The largest absolute Gasteiger partial charge is 0.394 e. The highest BCUT2D eigenvalue weighted by Gasteiger charge is 2.16. The second-order valence-corrected chi connectivity index (χ2v) is 4.18. The monoisotopic (exact) mass is 276 g/mol. The third-order valence-corrected chi connectivity index (χ3v) is 2.71. The Morgan fingerprint density at radius 3 is 2.78 bits per heavy atom. The predicted octanol–water partition coefficient (Wildman–Crippen LogP) is 0.452. The number of aliphatic hydroxyl groups excluding tert-OH is 1. The van der Waals surface area contributed by atoms with Crippen molar-refractivity contribution in [1.82, 2.24) is 9.55 Å². The maximum Gasteiger partial charge on any atom is 0.330 e. The molecule has 0 fully saturated rings. The van der Waals surface area contributed by atoms with Crippen LogP contribution in [0.2, 0.25) is 0 Å². The Balaban J connectivity index is 2.88. The van der Waals surface area contributed by atoms with Gasteiger partial charge in [0, 0.05) is 18.1 Å². The van der Waals surface area contributed by atoms with Crippen LogP contribution in [0.15, 0.2) is 21.9 Å². The maximum absolute atomic E-state index is 11.6. The molecule has 0 bridgehead atoms. The summed E-state index contributed by atoms with van der Waals surface area (Å²) in [6.45, 7) is 1.68. The van der Waals surface area contributed by atoms with Gasteiger partial charge in [0.15, 0.2) is 0 Å². The molecular weight excluding hydrogens is 260 g/mol. The van der Waals surface area contributed by atoms with E-state index in [0.717, 1.165) is 0 Å².